The standard InChI is InChI=1S/C15H23NO3/c1-17-8-9-19-11-10-18-7-6-15-14-5-3-2-4-13(14)12-16-15/h2-5,15-16H,6-12H2,1H3. The number of methoxy groups -OCH3 is 1. The van der Waals surface area contributed by atoms with Crippen LogP contribution in [0.1, 0.15) is 23.6 Å². The molecule has 1 aliphatic heterocycles. The second kappa shape index (κ2) is 8.27. The minimum atomic E-state index is 0.436. The average molecular weight is 265 g/mol. The Morgan fingerprint density at radius 3 is 2.63 bits per heavy atom. The largest absolute Gasteiger partial charge is 0.382 e. The third-order valence-corrected chi connectivity index (χ3v) is 3.32. The summed E-state index contributed by atoms with van der Waals surface area (Å²) in [5.41, 5.74) is 2.83. The molecule has 2 rings (SSSR count). The van der Waals surface area contributed by atoms with Crippen LogP contribution in [0, 0.1) is 0 Å². The Balaban J connectivity index is 1.55. The predicted octanol–water partition coefficient (Wildman–Crippen LogP) is 1.90. The van der Waals surface area contributed by atoms with E-state index in [-0.39, 0.29) is 0 Å². The molecule has 4 nitrogen and oxygen atoms in total. The Kier molecular flexibility index (Phi) is 6.30. The van der Waals surface area contributed by atoms with Crippen LogP contribution in [-0.4, -0.2) is 40.1 Å². The van der Waals surface area contributed by atoms with Gasteiger partial charge in [-0.25, -0.2) is 0 Å². The molecule has 0 saturated carbocycles. The highest BCUT2D eigenvalue weighted by Crippen LogP contribution is 2.27. The maximum absolute atomic E-state index is 5.58. The Bertz CT molecular complexity index is 370. The molecule has 0 bridgehead atoms. The highest BCUT2D eigenvalue weighted by Gasteiger charge is 2.20. The van der Waals surface area contributed by atoms with Crippen LogP contribution in [0.5, 0.6) is 0 Å². The summed E-state index contributed by atoms with van der Waals surface area (Å²) in [6.45, 7) is 4.30. The first-order valence-corrected chi connectivity index (χ1v) is 6.87. The van der Waals surface area contributed by atoms with E-state index in [1.807, 2.05) is 0 Å². The van der Waals surface area contributed by atoms with Crippen LogP contribution in [0.25, 0.3) is 0 Å². The van der Waals surface area contributed by atoms with Crippen molar-refractivity contribution in [3.05, 3.63) is 35.4 Å². The zero-order valence-electron chi connectivity index (χ0n) is 11.6. The highest BCUT2D eigenvalue weighted by molar-refractivity contribution is 5.33. The van der Waals surface area contributed by atoms with Crippen molar-refractivity contribution in [2.75, 3.05) is 40.1 Å². The van der Waals surface area contributed by atoms with Crippen LogP contribution in [0.2, 0.25) is 0 Å². The second-order valence-electron chi connectivity index (χ2n) is 4.64. The van der Waals surface area contributed by atoms with Gasteiger partial charge in [-0.2, -0.15) is 0 Å². The SMILES string of the molecule is COCCOCCOCCC1NCc2ccccc21. The third kappa shape index (κ3) is 4.58. The summed E-state index contributed by atoms with van der Waals surface area (Å²) in [4.78, 5) is 0. The van der Waals surface area contributed by atoms with Crippen molar-refractivity contribution in [3.63, 3.8) is 0 Å². The lowest BCUT2D eigenvalue weighted by molar-refractivity contribution is 0.0229. The van der Waals surface area contributed by atoms with Crippen LogP contribution in [-0.2, 0) is 20.8 Å². The van der Waals surface area contributed by atoms with E-state index in [4.69, 9.17) is 14.2 Å². The molecular weight excluding hydrogens is 242 g/mol. The van der Waals surface area contributed by atoms with Gasteiger partial charge in [-0.15, -0.1) is 0 Å². The summed E-state index contributed by atoms with van der Waals surface area (Å²) >= 11 is 0. The Hall–Kier alpha value is -0.940. The summed E-state index contributed by atoms with van der Waals surface area (Å²) in [6.07, 6.45) is 1.01. The molecule has 1 aromatic rings. The van der Waals surface area contributed by atoms with Gasteiger partial charge in [0, 0.05) is 26.3 Å². The van der Waals surface area contributed by atoms with Crippen molar-refractivity contribution >= 4 is 0 Å². The number of benzene rings is 1. The van der Waals surface area contributed by atoms with Gasteiger partial charge in [-0.3, -0.25) is 0 Å². The molecule has 19 heavy (non-hydrogen) atoms. The molecule has 0 spiro atoms. The lowest BCUT2D eigenvalue weighted by Crippen LogP contribution is -2.15. The van der Waals surface area contributed by atoms with Gasteiger partial charge < -0.3 is 19.5 Å². The number of nitrogens with one attached hydrogen (secondary N) is 1. The molecule has 1 unspecified atom stereocenters. The Morgan fingerprint density at radius 2 is 1.79 bits per heavy atom. The number of fused-ring (bicyclic) bond motifs is 1. The first-order chi connectivity index (χ1) is 9.42. The van der Waals surface area contributed by atoms with E-state index in [1.165, 1.54) is 11.1 Å². The Morgan fingerprint density at radius 1 is 1.05 bits per heavy atom. The van der Waals surface area contributed by atoms with E-state index in [0.29, 0.717) is 32.5 Å². The van der Waals surface area contributed by atoms with Gasteiger partial charge >= 0.3 is 0 Å². The van der Waals surface area contributed by atoms with Crippen LogP contribution in [0.3, 0.4) is 0 Å². The molecule has 0 aliphatic carbocycles. The van der Waals surface area contributed by atoms with Gasteiger partial charge in [-0.1, -0.05) is 24.3 Å². The van der Waals surface area contributed by atoms with Crippen LogP contribution < -0.4 is 5.32 Å². The van der Waals surface area contributed by atoms with Crippen LogP contribution in [0.15, 0.2) is 24.3 Å². The third-order valence-electron chi connectivity index (χ3n) is 3.32. The Labute approximate surface area is 115 Å². The molecule has 0 radical (unpaired) electrons. The molecule has 0 aromatic heterocycles. The monoisotopic (exact) mass is 265 g/mol. The van der Waals surface area contributed by atoms with E-state index in [0.717, 1.165) is 19.6 Å². The number of ether oxygens (including phenoxy) is 3. The van der Waals surface area contributed by atoms with Gasteiger partial charge in [-0.05, 0) is 17.5 Å². The lowest BCUT2D eigenvalue weighted by atomic mass is 10.0. The maximum Gasteiger partial charge on any atom is 0.0701 e. The quantitative estimate of drug-likeness (QED) is 0.692. The summed E-state index contributed by atoms with van der Waals surface area (Å²) in [7, 11) is 1.67. The topological polar surface area (TPSA) is 39.7 Å². The lowest BCUT2D eigenvalue weighted by Gasteiger charge is -2.12. The van der Waals surface area contributed by atoms with Gasteiger partial charge in [0.25, 0.3) is 0 Å². The van der Waals surface area contributed by atoms with Crippen LogP contribution >= 0.6 is 0 Å². The summed E-state index contributed by atoms with van der Waals surface area (Å²) in [5, 5.41) is 3.51. The maximum atomic E-state index is 5.58. The number of rotatable bonds is 9. The fourth-order valence-electron chi connectivity index (χ4n) is 2.30. The fourth-order valence-corrected chi connectivity index (χ4v) is 2.30. The predicted molar refractivity (Wildman–Crippen MR) is 74.2 cm³/mol. The summed E-state index contributed by atoms with van der Waals surface area (Å²) in [5.74, 6) is 0. The highest BCUT2D eigenvalue weighted by atomic mass is 16.5. The molecule has 106 valence electrons. The molecule has 0 fully saturated rings. The minimum Gasteiger partial charge on any atom is -0.382 e. The van der Waals surface area contributed by atoms with Crippen molar-refractivity contribution in [1.29, 1.82) is 0 Å². The molecular formula is C15H23NO3. The van der Waals surface area contributed by atoms with E-state index in [1.54, 1.807) is 7.11 Å². The van der Waals surface area contributed by atoms with Gasteiger partial charge in [0.2, 0.25) is 0 Å². The molecule has 4 heteroatoms. The van der Waals surface area contributed by atoms with Crippen LogP contribution in [0.4, 0.5) is 0 Å². The molecule has 1 N–H and O–H groups in total. The summed E-state index contributed by atoms with van der Waals surface area (Å²) < 4.78 is 15.8. The van der Waals surface area contributed by atoms with Gasteiger partial charge in [0.1, 0.15) is 0 Å². The zero-order chi connectivity index (χ0) is 13.3. The molecule has 0 saturated heterocycles. The van der Waals surface area contributed by atoms with E-state index in [9.17, 15) is 0 Å². The molecule has 1 aromatic carbocycles. The van der Waals surface area contributed by atoms with Crippen molar-refractivity contribution < 1.29 is 14.2 Å². The fraction of sp³-hybridized carbons (Fsp3) is 0.600. The number of hydrogen-bond donors (Lipinski definition) is 1. The van der Waals surface area contributed by atoms with Crippen molar-refractivity contribution in [1.82, 2.24) is 5.32 Å². The van der Waals surface area contributed by atoms with Crippen molar-refractivity contribution in [3.8, 4) is 0 Å². The van der Waals surface area contributed by atoms with Gasteiger partial charge in [0.15, 0.2) is 0 Å². The van der Waals surface area contributed by atoms with E-state index < -0.39 is 0 Å². The van der Waals surface area contributed by atoms with Gasteiger partial charge in [0.05, 0.1) is 26.4 Å². The number of hydrogen-bond acceptors (Lipinski definition) is 4. The van der Waals surface area contributed by atoms with E-state index in [2.05, 4.69) is 29.6 Å². The minimum absolute atomic E-state index is 0.436. The van der Waals surface area contributed by atoms with Crippen molar-refractivity contribution in [2.45, 2.75) is 19.0 Å². The zero-order valence-corrected chi connectivity index (χ0v) is 11.6. The molecule has 1 aliphatic rings. The smallest absolute Gasteiger partial charge is 0.0701 e. The average Bonchev–Trinajstić information content (AvgIpc) is 2.85. The molecule has 1 heterocycles. The first-order valence-electron chi connectivity index (χ1n) is 6.87. The molecule has 1 atom stereocenters. The summed E-state index contributed by atoms with van der Waals surface area (Å²) in [6, 6.07) is 9.02. The molecule has 0 amide bonds. The first kappa shape index (κ1) is 14.5. The second-order valence-corrected chi connectivity index (χ2v) is 4.64. The van der Waals surface area contributed by atoms with E-state index >= 15 is 0 Å². The van der Waals surface area contributed by atoms with Crippen molar-refractivity contribution in [2.24, 2.45) is 0 Å². The normalized spacial score (nSPS) is 17.6.